The Morgan fingerprint density at radius 1 is 1.08 bits per heavy atom. The Balaban J connectivity index is 2.02. The monoisotopic (exact) mass is 326 g/mol. The average molecular weight is 326 g/mol. The van der Waals surface area contributed by atoms with Crippen molar-refractivity contribution in [1.82, 2.24) is 10.2 Å². The number of benzene rings is 1. The standard InChI is InChI=1S/C19H26N4O/c1-6-13(2)20-17-12-11-16(22-23-17)18(24)21-15-9-7-14(8-10-15)19(3,4)5/h7-13H,6H2,1-5H3,(H,20,23)(H,21,24). The molecule has 0 radical (unpaired) electrons. The summed E-state index contributed by atoms with van der Waals surface area (Å²) in [6.07, 6.45) is 0.995. The molecule has 0 aliphatic carbocycles. The summed E-state index contributed by atoms with van der Waals surface area (Å²) in [6.45, 7) is 10.6. The molecule has 0 saturated carbocycles. The third-order valence-electron chi connectivity index (χ3n) is 3.91. The predicted molar refractivity (Wildman–Crippen MR) is 98.5 cm³/mol. The van der Waals surface area contributed by atoms with Crippen molar-refractivity contribution < 1.29 is 4.79 Å². The third kappa shape index (κ3) is 4.78. The number of nitrogens with zero attached hydrogens (tertiary/aromatic N) is 2. The van der Waals surface area contributed by atoms with Crippen LogP contribution >= 0.6 is 0 Å². The minimum Gasteiger partial charge on any atom is -0.366 e. The molecule has 0 spiro atoms. The molecule has 0 bridgehead atoms. The molecule has 1 aromatic carbocycles. The minimum atomic E-state index is -0.263. The Hall–Kier alpha value is -2.43. The fourth-order valence-corrected chi connectivity index (χ4v) is 2.13. The zero-order valence-electron chi connectivity index (χ0n) is 15.1. The van der Waals surface area contributed by atoms with E-state index in [1.54, 1.807) is 12.1 Å². The maximum atomic E-state index is 12.3. The summed E-state index contributed by atoms with van der Waals surface area (Å²) >= 11 is 0. The average Bonchev–Trinajstić information content (AvgIpc) is 2.55. The van der Waals surface area contributed by atoms with E-state index in [2.05, 4.69) is 55.4 Å². The normalized spacial score (nSPS) is 12.5. The van der Waals surface area contributed by atoms with Gasteiger partial charge in [-0.3, -0.25) is 4.79 Å². The molecule has 2 rings (SSSR count). The molecule has 5 heteroatoms. The number of anilines is 2. The number of carbonyl (C=O) groups is 1. The molecule has 0 saturated heterocycles. The molecular weight excluding hydrogens is 300 g/mol. The van der Waals surface area contributed by atoms with Crippen LogP contribution in [0.1, 0.15) is 57.1 Å². The van der Waals surface area contributed by atoms with Crippen LogP contribution < -0.4 is 10.6 Å². The molecule has 0 fully saturated rings. The first-order valence-electron chi connectivity index (χ1n) is 8.31. The molecule has 1 unspecified atom stereocenters. The van der Waals surface area contributed by atoms with Gasteiger partial charge < -0.3 is 10.6 Å². The highest BCUT2D eigenvalue weighted by Gasteiger charge is 2.14. The smallest absolute Gasteiger partial charge is 0.276 e. The largest absolute Gasteiger partial charge is 0.366 e. The van der Waals surface area contributed by atoms with Gasteiger partial charge in [-0.05, 0) is 48.6 Å². The number of nitrogens with one attached hydrogen (secondary N) is 2. The Bertz CT molecular complexity index is 672. The summed E-state index contributed by atoms with van der Waals surface area (Å²) < 4.78 is 0. The van der Waals surface area contributed by atoms with Crippen LogP contribution in [0.3, 0.4) is 0 Å². The lowest BCUT2D eigenvalue weighted by Crippen LogP contribution is -2.17. The van der Waals surface area contributed by atoms with Crippen molar-refractivity contribution in [2.75, 3.05) is 10.6 Å². The minimum absolute atomic E-state index is 0.0898. The number of hydrogen-bond acceptors (Lipinski definition) is 4. The van der Waals surface area contributed by atoms with E-state index in [-0.39, 0.29) is 11.3 Å². The molecular formula is C19H26N4O. The summed E-state index contributed by atoms with van der Waals surface area (Å²) in [5.74, 6) is 0.413. The highest BCUT2D eigenvalue weighted by molar-refractivity contribution is 6.02. The fraction of sp³-hybridized carbons (Fsp3) is 0.421. The number of rotatable bonds is 5. The number of aromatic nitrogens is 2. The lowest BCUT2D eigenvalue weighted by atomic mass is 9.87. The van der Waals surface area contributed by atoms with Crippen molar-refractivity contribution in [1.29, 1.82) is 0 Å². The van der Waals surface area contributed by atoms with Crippen molar-refractivity contribution in [2.24, 2.45) is 0 Å². The van der Waals surface area contributed by atoms with Crippen molar-refractivity contribution in [3.63, 3.8) is 0 Å². The molecule has 5 nitrogen and oxygen atoms in total. The van der Waals surface area contributed by atoms with E-state index in [9.17, 15) is 4.79 Å². The van der Waals surface area contributed by atoms with Crippen molar-refractivity contribution in [3.8, 4) is 0 Å². The molecule has 2 aromatic rings. The molecule has 1 aromatic heterocycles. The highest BCUT2D eigenvalue weighted by Crippen LogP contribution is 2.23. The first kappa shape index (κ1) is 17.9. The molecule has 128 valence electrons. The van der Waals surface area contributed by atoms with E-state index in [1.165, 1.54) is 5.56 Å². The van der Waals surface area contributed by atoms with Crippen LogP contribution in [0.15, 0.2) is 36.4 Å². The molecule has 1 heterocycles. The van der Waals surface area contributed by atoms with E-state index < -0.39 is 0 Å². The first-order valence-corrected chi connectivity index (χ1v) is 8.31. The second-order valence-electron chi connectivity index (χ2n) is 7.04. The second-order valence-corrected chi connectivity index (χ2v) is 7.04. The van der Waals surface area contributed by atoms with Crippen LogP contribution in [0.2, 0.25) is 0 Å². The number of carbonyl (C=O) groups excluding carboxylic acids is 1. The van der Waals surface area contributed by atoms with Gasteiger partial charge in [0.1, 0.15) is 5.82 Å². The quantitative estimate of drug-likeness (QED) is 0.862. The fourth-order valence-electron chi connectivity index (χ4n) is 2.13. The van der Waals surface area contributed by atoms with Gasteiger partial charge in [0.05, 0.1) is 0 Å². The molecule has 24 heavy (non-hydrogen) atoms. The predicted octanol–water partition coefficient (Wildman–Crippen LogP) is 4.24. The van der Waals surface area contributed by atoms with Gasteiger partial charge in [0.2, 0.25) is 0 Å². The van der Waals surface area contributed by atoms with E-state index in [4.69, 9.17) is 0 Å². The Morgan fingerprint density at radius 3 is 2.25 bits per heavy atom. The second kappa shape index (κ2) is 7.43. The lowest BCUT2D eigenvalue weighted by Gasteiger charge is -2.19. The molecule has 0 aliphatic heterocycles. The summed E-state index contributed by atoms with van der Waals surface area (Å²) in [4.78, 5) is 12.3. The van der Waals surface area contributed by atoms with Crippen molar-refractivity contribution in [2.45, 2.75) is 52.5 Å². The van der Waals surface area contributed by atoms with Crippen LogP contribution in [0.25, 0.3) is 0 Å². The Kier molecular flexibility index (Phi) is 5.54. The topological polar surface area (TPSA) is 66.9 Å². The van der Waals surface area contributed by atoms with Gasteiger partial charge in [-0.1, -0.05) is 39.8 Å². The molecule has 0 aliphatic rings. The molecule has 1 atom stereocenters. The van der Waals surface area contributed by atoms with E-state index >= 15 is 0 Å². The van der Waals surface area contributed by atoms with Gasteiger partial charge in [-0.25, -0.2) is 0 Å². The first-order chi connectivity index (χ1) is 11.3. The zero-order chi connectivity index (χ0) is 17.7. The van der Waals surface area contributed by atoms with Crippen LogP contribution in [-0.2, 0) is 5.41 Å². The summed E-state index contributed by atoms with van der Waals surface area (Å²) in [5.41, 5.74) is 2.36. The van der Waals surface area contributed by atoms with E-state index in [0.29, 0.717) is 17.6 Å². The highest BCUT2D eigenvalue weighted by atomic mass is 16.1. The SMILES string of the molecule is CCC(C)Nc1ccc(C(=O)Nc2ccc(C(C)(C)C)cc2)nn1. The van der Waals surface area contributed by atoms with Gasteiger partial charge in [-0.15, -0.1) is 10.2 Å². The van der Waals surface area contributed by atoms with Gasteiger partial charge in [-0.2, -0.15) is 0 Å². The van der Waals surface area contributed by atoms with Crippen LogP contribution in [0.4, 0.5) is 11.5 Å². The lowest BCUT2D eigenvalue weighted by molar-refractivity contribution is 0.102. The maximum Gasteiger partial charge on any atom is 0.276 e. The van der Waals surface area contributed by atoms with Gasteiger partial charge in [0.25, 0.3) is 5.91 Å². The summed E-state index contributed by atoms with van der Waals surface area (Å²) in [6, 6.07) is 11.6. The summed E-state index contributed by atoms with van der Waals surface area (Å²) in [5, 5.41) is 14.1. The number of hydrogen-bond donors (Lipinski definition) is 2. The molecule has 1 amide bonds. The van der Waals surface area contributed by atoms with Crippen LogP contribution in [0.5, 0.6) is 0 Å². The Labute approximate surface area is 143 Å². The van der Waals surface area contributed by atoms with Crippen LogP contribution in [0, 0.1) is 0 Å². The van der Waals surface area contributed by atoms with Crippen molar-refractivity contribution >= 4 is 17.4 Å². The van der Waals surface area contributed by atoms with Crippen molar-refractivity contribution in [3.05, 3.63) is 47.7 Å². The van der Waals surface area contributed by atoms with Gasteiger partial charge in [0.15, 0.2) is 5.69 Å². The van der Waals surface area contributed by atoms with E-state index in [0.717, 1.165) is 12.1 Å². The van der Waals surface area contributed by atoms with E-state index in [1.807, 2.05) is 24.3 Å². The van der Waals surface area contributed by atoms with Crippen LogP contribution in [-0.4, -0.2) is 22.1 Å². The third-order valence-corrected chi connectivity index (χ3v) is 3.91. The zero-order valence-corrected chi connectivity index (χ0v) is 15.1. The summed E-state index contributed by atoms with van der Waals surface area (Å²) in [7, 11) is 0. The van der Waals surface area contributed by atoms with Gasteiger partial charge >= 0.3 is 0 Å². The Morgan fingerprint density at radius 2 is 1.75 bits per heavy atom. The van der Waals surface area contributed by atoms with Gasteiger partial charge in [0, 0.05) is 11.7 Å². The number of amides is 1. The maximum absolute atomic E-state index is 12.3. The molecule has 2 N–H and O–H groups in total.